The molecule has 0 aliphatic heterocycles. The highest BCUT2D eigenvalue weighted by Gasteiger charge is 2.21. The van der Waals surface area contributed by atoms with E-state index in [-0.39, 0.29) is 12.5 Å². The Balaban J connectivity index is 2.53. The average Bonchev–Trinajstić information content (AvgIpc) is 2.73. The summed E-state index contributed by atoms with van der Waals surface area (Å²) in [6.45, 7) is 5.15. The lowest BCUT2D eigenvalue weighted by Crippen LogP contribution is -2.46. The minimum Gasteiger partial charge on any atom is -0.480 e. The lowest BCUT2D eigenvalue weighted by atomic mass is 10.0. The molecule has 3 N–H and O–H groups in total. The van der Waals surface area contributed by atoms with Gasteiger partial charge in [0.1, 0.15) is 6.04 Å². The molecule has 1 heterocycles. The number of hydrogen-bond acceptors (Lipinski definition) is 4. The Morgan fingerprint density at radius 2 is 2.00 bits per heavy atom. The zero-order valence-electron chi connectivity index (χ0n) is 13.2. The number of aryl methyl sites for hydroxylation is 2. The molecule has 8 nitrogen and oxygen atoms in total. The van der Waals surface area contributed by atoms with Crippen molar-refractivity contribution >= 4 is 17.8 Å². The fraction of sp³-hybridized carbons (Fsp3) is 0.571. The van der Waals surface area contributed by atoms with E-state index in [2.05, 4.69) is 15.7 Å². The third-order valence-electron chi connectivity index (χ3n) is 3.01. The first-order valence-electron chi connectivity index (χ1n) is 7.01. The second-order valence-corrected chi connectivity index (χ2v) is 5.57. The van der Waals surface area contributed by atoms with Crippen LogP contribution >= 0.6 is 0 Å². The van der Waals surface area contributed by atoms with Crippen LogP contribution in [0.2, 0.25) is 0 Å². The van der Waals surface area contributed by atoms with Gasteiger partial charge in [-0.3, -0.25) is 14.3 Å². The van der Waals surface area contributed by atoms with Gasteiger partial charge in [-0.2, -0.15) is 5.10 Å². The summed E-state index contributed by atoms with van der Waals surface area (Å²) in [6, 6.07) is -0.954. The second-order valence-electron chi connectivity index (χ2n) is 5.57. The van der Waals surface area contributed by atoms with Crippen molar-refractivity contribution in [2.24, 2.45) is 13.0 Å². The Bertz CT molecular complexity index is 565. The lowest BCUT2D eigenvalue weighted by Gasteiger charge is -2.16. The van der Waals surface area contributed by atoms with E-state index >= 15 is 0 Å². The summed E-state index contributed by atoms with van der Waals surface area (Å²) in [6.07, 6.45) is 1.89. The summed E-state index contributed by atoms with van der Waals surface area (Å²) in [5.74, 6) is -1.91. The van der Waals surface area contributed by atoms with Crippen molar-refractivity contribution in [3.05, 3.63) is 17.5 Å². The van der Waals surface area contributed by atoms with E-state index in [1.165, 1.54) is 4.68 Å². The first kappa shape index (κ1) is 17.7. The standard InChI is InChI=1S/C14H22N4O4/c1-8(2)5-11(14(21)22)16-12(19)6-15-13(20)10-7-18(4)17-9(10)3/h7-8,11H,5-6H2,1-4H3,(H,15,20)(H,16,19)(H,21,22)/t11-/m0/s1. The van der Waals surface area contributed by atoms with E-state index in [1.54, 1.807) is 20.2 Å². The molecule has 1 aromatic rings. The number of carboxylic acid groups (broad SMARTS) is 1. The Hall–Kier alpha value is -2.38. The molecule has 0 bridgehead atoms. The molecular weight excluding hydrogens is 288 g/mol. The molecular formula is C14H22N4O4. The number of carboxylic acids is 1. The Morgan fingerprint density at radius 1 is 1.36 bits per heavy atom. The number of nitrogens with one attached hydrogen (secondary N) is 2. The van der Waals surface area contributed by atoms with Crippen molar-refractivity contribution in [3.63, 3.8) is 0 Å². The van der Waals surface area contributed by atoms with Gasteiger partial charge in [0.15, 0.2) is 0 Å². The molecule has 22 heavy (non-hydrogen) atoms. The Morgan fingerprint density at radius 3 is 2.45 bits per heavy atom. The fourth-order valence-corrected chi connectivity index (χ4v) is 2.02. The van der Waals surface area contributed by atoms with Crippen LogP contribution in [0.15, 0.2) is 6.20 Å². The van der Waals surface area contributed by atoms with Crippen molar-refractivity contribution in [2.45, 2.75) is 33.2 Å². The van der Waals surface area contributed by atoms with Crippen LogP contribution < -0.4 is 10.6 Å². The fourth-order valence-electron chi connectivity index (χ4n) is 2.02. The minimum absolute atomic E-state index is 0.133. The molecule has 0 aromatic carbocycles. The van der Waals surface area contributed by atoms with E-state index in [0.717, 1.165) is 0 Å². The van der Waals surface area contributed by atoms with Crippen LogP contribution in [0.1, 0.15) is 36.3 Å². The molecule has 2 amide bonds. The molecule has 0 spiro atoms. The number of hydrogen-bond donors (Lipinski definition) is 3. The van der Waals surface area contributed by atoms with E-state index in [4.69, 9.17) is 5.11 Å². The van der Waals surface area contributed by atoms with Crippen LogP contribution in [-0.2, 0) is 16.6 Å². The van der Waals surface area contributed by atoms with Crippen molar-refractivity contribution in [2.75, 3.05) is 6.54 Å². The van der Waals surface area contributed by atoms with Gasteiger partial charge in [0, 0.05) is 13.2 Å². The Kier molecular flexibility index (Phi) is 6.09. The topological polar surface area (TPSA) is 113 Å². The van der Waals surface area contributed by atoms with Gasteiger partial charge in [0.05, 0.1) is 17.8 Å². The first-order chi connectivity index (χ1) is 10.2. The molecule has 0 radical (unpaired) electrons. The number of aliphatic carboxylic acids is 1. The molecule has 1 rings (SSSR count). The molecule has 0 aliphatic rings. The predicted molar refractivity (Wildman–Crippen MR) is 79.3 cm³/mol. The number of amides is 2. The second kappa shape index (κ2) is 7.58. The van der Waals surface area contributed by atoms with E-state index in [1.807, 2.05) is 13.8 Å². The van der Waals surface area contributed by atoms with Gasteiger partial charge in [0.25, 0.3) is 5.91 Å². The predicted octanol–water partition coefficient (Wildman–Crippen LogP) is 0.0738. The maximum Gasteiger partial charge on any atom is 0.326 e. The largest absolute Gasteiger partial charge is 0.480 e. The molecule has 122 valence electrons. The van der Waals surface area contributed by atoms with Gasteiger partial charge >= 0.3 is 5.97 Å². The third kappa shape index (κ3) is 5.19. The van der Waals surface area contributed by atoms with Gasteiger partial charge in [-0.15, -0.1) is 0 Å². The number of carbonyl (C=O) groups is 3. The van der Waals surface area contributed by atoms with Crippen molar-refractivity contribution < 1.29 is 19.5 Å². The van der Waals surface area contributed by atoms with Gasteiger partial charge in [0.2, 0.25) is 5.91 Å². The summed E-state index contributed by atoms with van der Waals surface area (Å²) in [5, 5.41) is 17.9. The van der Waals surface area contributed by atoms with Crippen LogP contribution in [-0.4, -0.2) is 45.3 Å². The molecule has 0 fully saturated rings. The van der Waals surface area contributed by atoms with Crippen LogP contribution in [0.3, 0.4) is 0 Å². The van der Waals surface area contributed by atoms with Crippen LogP contribution in [0, 0.1) is 12.8 Å². The summed E-state index contributed by atoms with van der Waals surface area (Å²) < 4.78 is 1.51. The van der Waals surface area contributed by atoms with Gasteiger partial charge in [-0.1, -0.05) is 13.8 Å². The van der Waals surface area contributed by atoms with Crippen LogP contribution in [0.4, 0.5) is 0 Å². The SMILES string of the molecule is Cc1nn(C)cc1C(=O)NCC(=O)N[C@@H](CC(C)C)C(=O)O. The highest BCUT2D eigenvalue weighted by atomic mass is 16.4. The zero-order valence-corrected chi connectivity index (χ0v) is 13.2. The minimum atomic E-state index is -1.09. The van der Waals surface area contributed by atoms with E-state index < -0.39 is 23.8 Å². The molecule has 0 saturated heterocycles. The van der Waals surface area contributed by atoms with Gasteiger partial charge in [-0.05, 0) is 19.3 Å². The Labute approximate surface area is 128 Å². The van der Waals surface area contributed by atoms with Crippen LogP contribution in [0.5, 0.6) is 0 Å². The smallest absolute Gasteiger partial charge is 0.326 e. The summed E-state index contributed by atoms with van der Waals surface area (Å²) in [4.78, 5) is 34.7. The molecule has 0 aliphatic carbocycles. The van der Waals surface area contributed by atoms with Crippen molar-refractivity contribution in [1.29, 1.82) is 0 Å². The zero-order chi connectivity index (χ0) is 16.9. The number of carbonyl (C=O) groups excluding carboxylic acids is 2. The highest BCUT2D eigenvalue weighted by Crippen LogP contribution is 2.05. The molecule has 0 unspecified atom stereocenters. The van der Waals surface area contributed by atoms with Crippen LogP contribution in [0.25, 0.3) is 0 Å². The molecule has 8 heteroatoms. The van der Waals surface area contributed by atoms with E-state index in [0.29, 0.717) is 17.7 Å². The summed E-state index contributed by atoms with van der Waals surface area (Å²) in [5.41, 5.74) is 0.941. The van der Waals surface area contributed by atoms with Gasteiger partial charge < -0.3 is 15.7 Å². The summed E-state index contributed by atoms with van der Waals surface area (Å²) in [7, 11) is 1.69. The lowest BCUT2D eigenvalue weighted by molar-refractivity contribution is -0.142. The maximum atomic E-state index is 11.9. The van der Waals surface area contributed by atoms with Crippen molar-refractivity contribution in [1.82, 2.24) is 20.4 Å². The highest BCUT2D eigenvalue weighted by molar-refractivity contribution is 5.97. The maximum absolute atomic E-state index is 11.9. The molecule has 1 atom stereocenters. The summed E-state index contributed by atoms with van der Waals surface area (Å²) >= 11 is 0. The van der Waals surface area contributed by atoms with Gasteiger partial charge in [-0.25, -0.2) is 4.79 Å². The number of aromatic nitrogens is 2. The first-order valence-corrected chi connectivity index (χ1v) is 7.01. The monoisotopic (exact) mass is 310 g/mol. The number of nitrogens with zero attached hydrogens (tertiary/aromatic N) is 2. The molecule has 1 aromatic heterocycles. The van der Waals surface area contributed by atoms with E-state index in [9.17, 15) is 14.4 Å². The quantitative estimate of drug-likeness (QED) is 0.660. The number of rotatable bonds is 7. The normalized spacial score (nSPS) is 12.0. The average molecular weight is 310 g/mol. The third-order valence-corrected chi connectivity index (χ3v) is 3.01. The molecule has 0 saturated carbocycles. The van der Waals surface area contributed by atoms with Crippen molar-refractivity contribution in [3.8, 4) is 0 Å².